The molecule has 3 rings (SSSR count). The van der Waals surface area contributed by atoms with Crippen molar-refractivity contribution >= 4 is 22.4 Å². The molecule has 1 aliphatic rings. The van der Waals surface area contributed by atoms with Gasteiger partial charge in [0.05, 0.1) is 32.0 Å². The smallest absolute Gasteiger partial charge is 0.240 e. The van der Waals surface area contributed by atoms with Gasteiger partial charge >= 0.3 is 0 Å². The van der Waals surface area contributed by atoms with Crippen molar-refractivity contribution in [2.45, 2.75) is 19.6 Å². The van der Waals surface area contributed by atoms with Gasteiger partial charge in [-0.05, 0) is 12.5 Å². The first-order valence-electron chi connectivity index (χ1n) is 7.08. The zero-order chi connectivity index (χ0) is 15.4. The molecule has 2 aromatic heterocycles. The first-order chi connectivity index (χ1) is 10.7. The highest BCUT2D eigenvalue weighted by molar-refractivity contribution is 7.13. The third kappa shape index (κ3) is 4.09. The summed E-state index contributed by atoms with van der Waals surface area (Å²) in [5.41, 5.74) is 2.72. The van der Waals surface area contributed by atoms with Crippen molar-refractivity contribution in [3.63, 3.8) is 0 Å². The number of amides is 1. The molecule has 8 nitrogen and oxygen atoms in total. The standard InChI is InChI=1S/C13H18N6O2S/c1-10-4-15-19(5-10)7-11-6-18(2-3-21-11)8-12(20)16-13-17-14-9-22-13/h4-5,9,11H,2-3,6-8H2,1H3,(H,16,17,20). The molecule has 0 aliphatic carbocycles. The summed E-state index contributed by atoms with van der Waals surface area (Å²) in [5, 5.41) is 15.0. The highest BCUT2D eigenvalue weighted by Gasteiger charge is 2.23. The van der Waals surface area contributed by atoms with Crippen molar-refractivity contribution in [1.82, 2.24) is 24.9 Å². The lowest BCUT2D eigenvalue weighted by Gasteiger charge is -2.32. The van der Waals surface area contributed by atoms with Crippen LogP contribution in [0.2, 0.25) is 0 Å². The minimum absolute atomic E-state index is 0.0439. The number of ether oxygens (including phenoxy) is 1. The second kappa shape index (κ2) is 6.95. The quantitative estimate of drug-likeness (QED) is 0.857. The number of morpholine rings is 1. The van der Waals surface area contributed by atoms with Crippen molar-refractivity contribution < 1.29 is 9.53 Å². The number of nitrogens with one attached hydrogen (secondary N) is 1. The summed E-state index contributed by atoms with van der Waals surface area (Å²) >= 11 is 1.31. The molecule has 0 radical (unpaired) electrons. The van der Waals surface area contributed by atoms with E-state index in [1.54, 1.807) is 5.51 Å². The Labute approximate surface area is 132 Å². The second-order valence-electron chi connectivity index (χ2n) is 5.26. The van der Waals surface area contributed by atoms with Gasteiger partial charge in [0, 0.05) is 19.3 Å². The molecule has 2 aromatic rings. The number of nitrogens with zero attached hydrogens (tertiary/aromatic N) is 5. The van der Waals surface area contributed by atoms with E-state index < -0.39 is 0 Å². The monoisotopic (exact) mass is 322 g/mol. The number of aromatic nitrogens is 4. The van der Waals surface area contributed by atoms with E-state index in [1.807, 2.05) is 24.0 Å². The van der Waals surface area contributed by atoms with Crippen molar-refractivity contribution in [2.24, 2.45) is 0 Å². The molecule has 1 amide bonds. The van der Waals surface area contributed by atoms with Crippen LogP contribution in [-0.4, -0.2) is 63.1 Å². The van der Waals surface area contributed by atoms with Gasteiger partial charge in [-0.15, -0.1) is 10.2 Å². The Hall–Kier alpha value is -1.84. The Balaban J connectivity index is 1.48. The molecule has 9 heteroatoms. The lowest BCUT2D eigenvalue weighted by atomic mass is 10.2. The van der Waals surface area contributed by atoms with E-state index in [4.69, 9.17) is 4.74 Å². The maximum absolute atomic E-state index is 12.0. The summed E-state index contributed by atoms with van der Waals surface area (Å²) in [5.74, 6) is -0.0765. The van der Waals surface area contributed by atoms with Gasteiger partial charge in [0.15, 0.2) is 0 Å². The fourth-order valence-electron chi connectivity index (χ4n) is 2.40. The van der Waals surface area contributed by atoms with Crippen molar-refractivity contribution in [1.29, 1.82) is 0 Å². The van der Waals surface area contributed by atoms with Crippen LogP contribution in [0.3, 0.4) is 0 Å². The molecular formula is C13H18N6O2S. The van der Waals surface area contributed by atoms with Crippen LogP contribution in [0.4, 0.5) is 5.13 Å². The third-order valence-electron chi connectivity index (χ3n) is 3.35. The fourth-order valence-corrected chi connectivity index (χ4v) is 2.86. The lowest BCUT2D eigenvalue weighted by Crippen LogP contribution is -2.47. The summed E-state index contributed by atoms with van der Waals surface area (Å²) in [6.45, 7) is 5.12. The molecule has 3 heterocycles. The molecule has 1 unspecified atom stereocenters. The van der Waals surface area contributed by atoms with Crippen LogP contribution in [0.25, 0.3) is 0 Å². The van der Waals surface area contributed by atoms with Gasteiger partial charge in [-0.2, -0.15) is 5.10 Å². The van der Waals surface area contributed by atoms with E-state index in [0.717, 1.165) is 12.1 Å². The normalized spacial score (nSPS) is 19.2. The third-order valence-corrected chi connectivity index (χ3v) is 3.96. The number of hydrogen-bond acceptors (Lipinski definition) is 7. The summed E-state index contributed by atoms with van der Waals surface area (Å²) in [4.78, 5) is 14.1. The highest BCUT2D eigenvalue weighted by atomic mass is 32.1. The molecule has 1 atom stereocenters. The van der Waals surface area contributed by atoms with E-state index >= 15 is 0 Å². The summed E-state index contributed by atoms with van der Waals surface area (Å²) < 4.78 is 7.63. The van der Waals surface area contributed by atoms with Crippen molar-refractivity contribution in [3.8, 4) is 0 Å². The highest BCUT2D eigenvalue weighted by Crippen LogP contribution is 2.10. The van der Waals surface area contributed by atoms with Gasteiger partial charge in [-0.3, -0.25) is 19.7 Å². The molecule has 1 fully saturated rings. The Morgan fingerprint density at radius 2 is 2.50 bits per heavy atom. The number of anilines is 1. The predicted molar refractivity (Wildman–Crippen MR) is 81.7 cm³/mol. The second-order valence-corrected chi connectivity index (χ2v) is 6.09. The van der Waals surface area contributed by atoms with Gasteiger partial charge < -0.3 is 4.74 Å². The molecule has 0 bridgehead atoms. The van der Waals surface area contributed by atoms with Crippen LogP contribution in [0.5, 0.6) is 0 Å². The van der Waals surface area contributed by atoms with E-state index in [9.17, 15) is 4.79 Å². The zero-order valence-electron chi connectivity index (χ0n) is 12.3. The van der Waals surface area contributed by atoms with Crippen molar-refractivity contribution in [2.75, 3.05) is 31.6 Å². The average Bonchev–Trinajstić information content (AvgIpc) is 3.11. The largest absolute Gasteiger partial charge is 0.374 e. The van der Waals surface area contributed by atoms with Gasteiger partial charge in [-0.1, -0.05) is 11.3 Å². The minimum atomic E-state index is -0.0765. The van der Waals surface area contributed by atoms with Gasteiger partial charge in [0.1, 0.15) is 5.51 Å². The Morgan fingerprint density at radius 3 is 3.23 bits per heavy atom. The van der Waals surface area contributed by atoms with Crippen LogP contribution in [0.1, 0.15) is 5.56 Å². The SMILES string of the molecule is Cc1cnn(CC2CN(CC(=O)Nc3nncs3)CCO2)c1. The molecule has 0 saturated carbocycles. The summed E-state index contributed by atoms with van der Waals surface area (Å²) in [7, 11) is 0. The van der Waals surface area contributed by atoms with E-state index in [1.165, 1.54) is 11.3 Å². The molecule has 118 valence electrons. The molecule has 1 N–H and O–H groups in total. The van der Waals surface area contributed by atoms with E-state index in [0.29, 0.717) is 31.4 Å². The Morgan fingerprint density at radius 1 is 1.59 bits per heavy atom. The Kier molecular flexibility index (Phi) is 4.76. The summed E-state index contributed by atoms with van der Waals surface area (Å²) in [6, 6.07) is 0. The van der Waals surface area contributed by atoms with Gasteiger partial charge in [0.2, 0.25) is 11.0 Å². The number of hydrogen-bond donors (Lipinski definition) is 1. The van der Waals surface area contributed by atoms with Gasteiger partial charge in [0.25, 0.3) is 0 Å². The zero-order valence-corrected chi connectivity index (χ0v) is 13.1. The Bertz CT molecular complexity index is 614. The molecule has 22 heavy (non-hydrogen) atoms. The number of carbonyl (C=O) groups excluding carboxylic acids is 1. The first-order valence-corrected chi connectivity index (χ1v) is 7.96. The molecule has 1 aliphatic heterocycles. The molecular weight excluding hydrogens is 304 g/mol. The number of carbonyl (C=O) groups is 1. The summed E-state index contributed by atoms with van der Waals surface area (Å²) in [6.07, 6.45) is 3.86. The minimum Gasteiger partial charge on any atom is -0.374 e. The molecule has 0 aromatic carbocycles. The maximum atomic E-state index is 12.0. The van der Waals surface area contributed by atoms with E-state index in [2.05, 4.69) is 25.5 Å². The van der Waals surface area contributed by atoms with Crippen LogP contribution in [0, 0.1) is 6.92 Å². The van der Waals surface area contributed by atoms with Crippen LogP contribution in [0.15, 0.2) is 17.9 Å². The topological polar surface area (TPSA) is 85.2 Å². The van der Waals surface area contributed by atoms with Crippen molar-refractivity contribution in [3.05, 3.63) is 23.5 Å². The van der Waals surface area contributed by atoms with Crippen LogP contribution < -0.4 is 5.32 Å². The van der Waals surface area contributed by atoms with Crippen LogP contribution >= 0.6 is 11.3 Å². The fraction of sp³-hybridized carbons (Fsp3) is 0.538. The number of rotatable bonds is 5. The molecule has 1 saturated heterocycles. The lowest BCUT2D eigenvalue weighted by molar-refractivity contribution is -0.119. The first kappa shape index (κ1) is 15.1. The van der Waals surface area contributed by atoms with Crippen LogP contribution in [-0.2, 0) is 16.1 Å². The van der Waals surface area contributed by atoms with E-state index in [-0.39, 0.29) is 12.0 Å². The maximum Gasteiger partial charge on any atom is 0.240 e. The molecule has 0 spiro atoms. The number of aryl methyl sites for hydroxylation is 1. The average molecular weight is 322 g/mol. The predicted octanol–water partition coefficient (Wildman–Crippen LogP) is 0.383. The van der Waals surface area contributed by atoms with Gasteiger partial charge in [-0.25, -0.2) is 0 Å².